The molecule has 0 aromatic carbocycles. The number of anilines is 2. The SMILES string of the molecule is CNC(=O)CCN(C)c1nc(NN)cn2ccnc12. The van der Waals surface area contributed by atoms with E-state index in [2.05, 4.69) is 20.7 Å². The van der Waals surface area contributed by atoms with E-state index in [0.717, 1.165) is 5.65 Å². The third-order valence-corrected chi connectivity index (χ3v) is 2.82. The van der Waals surface area contributed by atoms with Crippen LogP contribution in [0.1, 0.15) is 6.42 Å². The van der Waals surface area contributed by atoms with Crippen LogP contribution in [0.25, 0.3) is 5.65 Å². The third kappa shape index (κ3) is 2.74. The molecule has 19 heavy (non-hydrogen) atoms. The van der Waals surface area contributed by atoms with Gasteiger partial charge in [0, 0.05) is 39.5 Å². The first-order valence-electron chi connectivity index (χ1n) is 5.87. The lowest BCUT2D eigenvalue weighted by Gasteiger charge is -2.19. The second-order valence-electron chi connectivity index (χ2n) is 4.10. The van der Waals surface area contributed by atoms with Gasteiger partial charge in [0.1, 0.15) is 0 Å². The number of nitrogens with zero attached hydrogens (tertiary/aromatic N) is 4. The molecule has 0 saturated heterocycles. The summed E-state index contributed by atoms with van der Waals surface area (Å²) in [4.78, 5) is 21.8. The molecule has 8 heteroatoms. The molecule has 2 rings (SSSR count). The molecular weight excluding hydrogens is 246 g/mol. The summed E-state index contributed by atoms with van der Waals surface area (Å²) in [6.45, 7) is 0.545. The quantitative estimate of drug-likeness (QED) is 0.501. The Kier molecular flexibility index (Phi) is 3.81. The number of hydrazine groups is 1. The first-order chi connectivity index (χ1) is 9.15. The van der Waals surface area contributed by atoms with Gasteiger partial charge in [0.15, 0.2) is 17.3 Å². The number of carbonyl (C=O) groups is 1. The van der Waals surface area contributed by atoms with E-state index in [1.165, 1.54) is 0 Å². The Balaban J connectivity index is 2.27. The van der Waals surface area contributed by atoms with Gasteiger partial charge in [-0.3, -0.25) is 4.79 Å². The minimum Gasteiger partial charge on any atom is -0.359 e. The number of rotatable bonds is 5. The number of nitrogen functional groups attached to an aromatic ring is 1. The zero-order valence-corrected chi connectivity index (χ0v) is 10.9. The van der Waals surface area contributed by atoms with Crippen LogP contribution in [0.15, 0.2) is 18.6 Å². The molecule has 0 spiro atoms. The first-order valence-corrected chi connectivity index (χ1v) is 5.87. The van der Waals surface area contributed by atoms with Crippen LogP contribution in [0, 0.1) is 0 Å². The minimum absolute atomic E-state index is 0.0145. The Hall–Kier alpha value is -2.35. The van der Waals surface area contributed by atoms with E-state index in [1.54, 1.807) is 19.4 Å². The fourth-order valence-corrected chi connectivity index (χ4v) is 1.74. The van der Waals surface area contributed by atoms with Gasteiger partial charge in [-0.2, -0.15) is 0 Å². The number of nitrogens with two attached hydrogens (primary N) is 1. The summed E-state index contributed by atoms with van der Waals surface area (Å²) in [6, 6.07) is 0. The number of carbonyl (C=O) groups excluding carboxylic acids is 1. The van der Waals surface area contributed by atoms with E-state index < -0.39 is 0 Å². The molecule has 0 radical (unpaired) electrons. The number of hydrogen-bond donors (Lipinski definition) is 3. The minimum atomic E-state index is -0.0145. The fraction of sp³-hybridized carbons (Fsp3) is 0.364. The van der Waals surface area contributed by atoms with Gasteiger partial charge in [0.05, 0.1) is 6.20 Å². The Morgan fingerprint density at radius 1 is 1.58 bits per heavy atom. The molecule has 0 aliphatic heterocycles. The molecule has 2 aromatic rings. The van der Waals surface area contributed by atoms with E-state index in [-0.39, 0.29) is 5.91 Å². The molecule has 8 nitrogen and oxygen atoms in total. The van der Waals surface area contributed by atoms with Crippen LogP contribution < -0.4 is 21.5 Å². The lowest BCUT2D eigenvalue weighted by atomic mass is 10.3. The summed E-state index contributed by atoms with van der Waals surface area (Å²) in [5.41, 5.74) is 3.24. The van der Waals surface area contributed by atoms with Crippen LogP contribution in [0.4, 0.5) is 11.6 Å². The molecule has 2 aromatic heterocycles. The molecular formula is C11H17N7O. The van der Waals surface area contributed by atoms with Gasteiger partial charge in [0.25, 0.3) is 0 Å². The van der Waals surface area contributed by atoms with Crippen molar-refractivity contribution in [1.82, 2.24) is 19.7 Å². The number of imidazole rings is 1. The van der Waals surface area contributed by atoms with Crippen molar-refractivity contribution in [2.45, 2.75) is 6.42 Å². The third-order valence-electron chi connectivity index (χ3n) is 2.82. The second-order valence-corrected chi connectivity index (χ2v) is 4.10. The topological polar surface area (TPSA) is 101 Å². The molecule has 4 N–H and O–H groups in total. The highest BCUT2D eigenvalue weighted by Crippen LogP contribution is 2.19. The van der Waals surface area contributed by atoms with Crippen LogP contribution >= 0.6 is 0 Å². The van der Waals surface area contributed by atoms with E-state index >= 15 is 0 Å². The molecule has 102 valence electrons. The maximum Gasteiger partial charge on any atom is 0.221 e. The van der Waals surface area contributed by atoms with Gasteiger partial charge in [-0.05, 0) is 0 Å². The van der Waals surface area contributed by atoms with E-state index in [0.29, 0.717) is 24.6 Å². The molecule has 0 fully saturated rings. The zero-order valence-electron chi connectivity index (χ0n) is 10.9. The Labute approximate surface area is 110 Å². The summed E-state index contributed by atoms with van der Waals surface area (Å²) in [5.74, 6) is 6.58. The van der Waals surface area contributed by atoms with Crippen molar-refractivity contribution in [2.24, 2.45) is 5.84 Å². The van der Waals surface area contributed by atoms with Gasteiger partial charge >= 0.3 is 0 Å². The Morgan fingerprint density at radius 3 is 3.05 bits per heavy atom. The monoisotopic (exact) mass is 263 g/mol. The summed E-state index contributed by atoms with van der Waals surface area (Å²) in [6.07, 6.45) is 5.64. The number of nitrogens with one attached hydrogen (secondary N) is 2. The highest BCUT2D eigenvalue weighted by Gasteiger charge is 2.12. The summed E-state index contributed by atoms with van der Waals surface area (Å²) < 4.78 is 1.83. The molecule has 0 bridgehead atoms. The molecule has 0 saturated carbocycles. The van der Waals surface area contributed by atoms with Crippen LogP contribution in [-0.4, -0.2) is 40.9 Å². The lowest BCUT2D eigenvalue weighted by molar-refractivity contribution is -0.120. The standard InChI is InChI=1S/C11H17N7O/c1-13-9(19)3-5-17(2)11-10-14-4-6-18(10)7-8(15-11)16-12/h4,6-7,16H,3,5,12H2,1-2H3,(H,13,19). The molecule has 2 heterocycles. The molecule has 0 aliphatic rings. The molecule has 1 amide bonds. The maximum atomic E-state index is 11.3. The second kappa shape index (κ2) is 5.53. The number of fused-ring (bicyclic) bond motifs is 1. The number of hydrogen-bond acceptors (Lipinski definition) is 6. The lowest BCUT2D eigenvalue weighted by Crippen LogP contribution is -2.27. The number of aromatic nitrogens is 3. The zero-order chi connectivity index (χ0) is 13.8. The highest BCUT2D eigenvalue weighted by atomic mass is 16.1. The van der Waals surface area contributed by atoms with Crippen molar-refractivity contribution in [3.63, 3.8) is 0 Å². The highest BCUT2D eigenvalue weighted by molar-refractivity contribution is 5.76. The van der Waals surface area contributed by atoms with Crippen molar-refractivity contribution < 1.29 is 4.79 Å². The predicted molar refractivity (Wildman–Crippen MR) is 72.8 cm³/mol. The van der Waals surface area contributed by atoms with E-state index in [4.69, 9.17) is 5.84 Å². The fourth-order valence-electron chi connectivity index (χ4n) is 1.74. The normalized spacial score (nSPS) is 10.5. The van der Waals surface area contributed by atoms with Crippen molar-refractivity contribution >= 4 is 23.2 Å². The smallest absolute Gasteiger partial charge is 0.221 e. The van der Waals surface area contributed by atoms with Crippen LogP contribution in [0.5, 0.6) is 0 Å². The largest absolute Gasteiger partial charge is 0.359 e. The van der Waals surface area contributed by atoms with Crippen molar-refractivity contribution in [2.75, 3.05) is 31.0 Å². The van der Waals surface area contributed by atoms with Crippen LogP contribution in [0.2, 0.25) is 0 Å². The maximum absolute atomic E-state index is 11.3. The van der Waals surface area contributed by atoms with E-state index in [9.17, 15) is 4.79 Å². The molecule has 0 atom stereocenters. The van der Waals surface area contributed by atoms with Gasteiger partial charge in [-0.15, -0.1) is 0 Å². The summed E-state index contributed by atoms with van der Waals surface area (Å²) in [7, 11) is 3.48. The molecule has 0 unspecified atom stereocenters. The molecule has 0 aliphatic carbocycles. The average molecular weight is 263 g/mol. The van der Waals surface area contributed by atoms with Crippen LogP contribution in [-0.2, 0) is 4.79 Å². The van der Waals surface area contributed by atoms with Crippen molar-refractivity contribution in [3.8, 4) is 0 Å². The van der Waals surface area contributed by atoms with Crippen molar-refractivity contribution in [3.05, 3.63) is 18.6 Å². The summed E-state index contributed by atoms with van der Waals surface area (Å²) in [5, 5.41) is 2.59. The van der Waals surface area contributed by atoms with Gasteiger partial charge in [0.2, 0.25) is 5.91 Å². The summed E-state index contributed by atoms with van der Waals surface area (Å²) >= 11 is 0. The first kappa shape index (κ1) is 13.1. The average Bonchev–Trinajstić information content (AvgIpc) is 2.91. The van der Waals surface area contributed by atoms with Gasteiger partial charge in [-0.1, -0.05) is 0 Å². The van der Waals surface area contributed by atoms with E-state index in [1.807, 2.05) is 22.5 Å². The Morgan fingerprint density at radius 2 is 2.37 bits per heavy atom. The predicted octanol–water partition coefficient (Wildman–Crippen LogP) is -0.413. The van der Waals surface area contributed by atoms with Crippen molar-refractivity contribution in [1.29, 1.82) is 0 Å². The Bertz CT molecular complexity index is 579. The van der Waals surface area contributed by atoms with Gasteiger partial charge < -0.3 is 20.0 Å². The number of amides is 1. The van der Waals surface area contributed by atoms with Gasteiger partial charge in [-0.25, -0.2) is 15.8 Å². The van der Waals surface area contributed by atoms with Crippen LogP contribution in [0.3, 0.4) is 0 Å².